The zero-order valence-electron chi connectivity index (χ0n) is 11.8. The molecule has 0 saturated heterocycles. The van der Waals surface area contributed by atoms with Gasteiger partial charge in [-0.15, -0.1) is 0 Å². The fraction of sp³-hybridized carbons (Fsp3) is 0.0714. The monoisotopic (exact) mass is 372 g/mol. The Kier molecular flexibility index (Phi) is 5.32. The Bertz CT molecular complexity index is 789. The molecule has 0 aliphatic carbocycles. The van der Waals surface area contributed by atoms with Crippen molar-refractivity contribution in [1.29, 1.82) is 0 Å². The van der Waals surface area contributed by atoms with E-state index in [0.717, 1.165) is 12.1 Å². The zero-order valence-corrected chi connectivity index (χ0v) is 13.3. The number of hydrogen-bond acceptors (Lipinski definition) is 7. The van der Waals surface area contributed by atoms with E-state index in [1.807, 2.05) is 0 Å². The third kappa shape index (κ3) is 4.18. The van der Waals surface area contributed by atoms with Crippen molar-refractivity contribution in [1.82, 2.24) is 4.98 Å². The highest BCUT2D eigenvalue weighted by atomic mass is 35.5. The summed E-state index contributed by atoms with van der Waals surface area (Å²) in [6, 6.07) is 3.14. The number of ether oxygens (including phenoxy) is 1. The van der Waals surface area contributed by atoms with E-state index in [2.05, 4.69) is 10.3 Å². The molecule has 0 aliphatic heterocycles. The number of amides is 1. The van der Waals surface area contributed by atoms with E-state index in [1.54, 1.807) is 0 Å². The third-order valence-corrected chi connectivity index (χ3v) is 3.20. The van der Waals surface area contributed by atoms with Crippen LogP contribution in [0, 0.1) is 0 Å². The molecule has 2 aromatic rings. The quantitative estimate of drug-likeness (QED) is 0.478. The van der Waals surface area contributed by atoms with Crippen LogP contribution >= 0.6 is 23.2 Å². The van der Waals surface area contributed by atoms with Gasteiger partial charge in [-0.05, 0) is 18.2 Å². The number of phenolic OH excluding ortho intramolecular Hbond substituents is 3. The molecular weight excluding hydrogens is 363 g/mol. The number of aromatic nitrogens is 1. The standard InChI is InChI=1S/C14H10Cl2N2O6/c15-7-3-8(16)13(17-4-7)18-11(21)5-24-14(23)6-1-9(19)12(22)10(20)2-6/h1-4,19-20,22H,5H2,(H,17,18,21). The van der Waals surface area contributed by atoms with Gasteiger partial charge in [0.15, 0.2) is 29.7 Å². The van der Waals surface area contributed by atoms with Crippen molar-refractivity contribution in [2.75, 3.05) is 11.9 Å². The molecule has 0 spiro atoms. The molecule has 1 amide bonds. The molecule has 2 rings (SSSR count). The summed E-state index contributed by atoms with van der Waals surface area (Å²) in [7, 11) is 0. The molecule has 1 heterocycles. The summed E-state index contributed by atoms with van der Waals surface area (Å²) >= 11 is 11.5. The van der Waals surface area contributed by atoms with Crippen molar-refractivity contribution in [2.24, 2.45) is 0 Å². The minimum atomic E-state index is -0.995. The van der Waals surface area contributed by atoms with Crippen molar-refractivity contribution >= 4 is 40.9 Å². The Morgan fingerprint density at radius 1 is 1.12 bits per heavy atom. The van der Waals surface area contributed by atoms with E-state index >= 15 is 0 Å². The van der Waals surface area contributed by atoms with Gasteiger partial charge < -0.3 is 25.4 Å². The minimum Gasteiger partial charge on any atom is -0.504 e. The average Bonchev–Trinajstić information content (AvgIpc) is 2.52. The van der Waals surface area contributed by atoms with Gasteiger partial charge in [0.2, 0.25) is 0 Å². The molecular formula is C14H10Cl2N2O6. The first kappa shape index (κ1) is 17.6. The highest BCUT2D eigenvalue weighted by molar-refractivity contribution is 6.36. The Labute approximate surface area is 145 Å². The number of rotatable bonds is 4. The van der Waals surface area contributed by atoms with Crippen LogP contribution in [0.5, 0.6) is 17.2 Å². The number of hydrogen-bond donors (Lipinski definition) is 4. The van der Waals surface area contributed by atoms with Gasteiger partial charge in [-0.2, -0.15) is 0 Å². The molecule has 4 N–H and O–H groups in total. The molecule has 0 aliphatic rings. The SMILES string of the molecule is O=C(COC(=O)c1cc(O)c(O)c(O)c1)Nc1ncc(Cl)cc1Cl. The lowest BCUT2D eigenvalue weighted by Crippen LogP contribution is -2.21. The first-order valence-electron chi connectivity index (χ1n) is 6.31. The number of nitrogens with zero attached hydrogens (tertiary/aromatic N) is 1. The van der Waals surface area contributed by atoms with Gasteiger partial charge in [-0.1, -0.05) is 23.2 Å². The summed E-state index contributed by atoms with van der Waals surface area (Å²) in [5.74, 6) is -3.85. The maximum Gasteiger partial charge on any atom is 0.338 e. The number of aromatic hydroxyl groups is 3. The van der Waals surface area contributed by atoms with Crippen molar-refractivity contribution in [3.05, 3.63) is 40.0 Å². The summed E-state index contributed by atoms with van der Waals surface area (Å²) < 4.78 is 4.72. The summed E-state index contributed by atoms with van der Waals surface area (Å²) in [5.41, 5.74) is -0.252. The van der Waals surface area contributed by atoms with Crippen molar-refractivity contribution in [3.63, 3.8) is 0 Å². The van der Waals surface area contributed by atoms with E-state index < -0.39 is 35.7 Å². The minimum absolute atomic E-state index is 0.0436. The van der Waals surface area contributed by atoms with Crippen molar-refractivity contribution in [2.45, 2.75) is 0 Å². The van der Waals surface area contributed by atoms with E-state index in [-0.39, 0.29) is 21.4 Å². The Balaban J connectivity index is 1.97. The van der Waals surface area contributed by atoms with Gasteiger partial charge in [0.05, 0.1) is 15.6 Å². The summed E-state index contributed by atoms with van der Waals surface area (Å²) in [6.45, 7) is -0.665. The highest BCUT2D eigenvalue weighted by Gasteiger charge is 2.16. The lowest BCUT2D eigenvalue weighted by atomic mass is 10.2. The lowest BCUT2D eigenvalue weighted by Gasteiger charge is -2.08. The topological polar surface area (TPSA) is 129 Å². The van der Waals surface area contributed by atoms with Crippen LogP contribution in [0.15, 0.2) is 24.4 Å². The van der Waals surface area contributed by atoms with Crippen LogP contribution in [0.25, 0.3) is 0 Å². The van der Waals surface area contributed by atoms with Gasteiger partial charge in [0.1, 0.15) is 0 Å². The Morgan fingerprint density at radius 3 is 2.33 bits per heavy atom. The number of pyridine rings is 1. The van der Waals surface area contributed by atoms with Gasteiger partial charge in [0.25, 0.3) is 5.91 Å². The number of benzene rings is 1. The molecule has 1 aromatic carbocycles. The van der Waals surface area contributed by atoms with Crippen LogP contribution < -0.4 is 5.32 Å². The smallest absolute Gasteiger partial charge is 0.338 e. The second-order valence-corrected chi connectivity index (χ2v) is 5.32. The van der Waals surface area contributed by atoms with Gasteiger partial charge in [-0.25, -0.2) is 9.78 Å². The van der Waals surface area contributed by atoms with Gasteiger partial charge in [-0.3, -0.25) is 4.79 Å². The maximum absolute atomic E-state index is 11.8. The van der Waals surface area contributed by atoms with Crippen LogP contribution in [0.3, 0.4) is 0 Å². The second kappa shape index (κ2) is 7.24. The van der Waals surface area contributed by atoms with E-state index in [1.165, 1.54) is 12.3 Å². The molecule has 0 radical (unpaired) electrons. The Hall–Kier alpha value is -2.71. The van der Waals surface area contributed by atoms with Crippen LogP contribution in [0.2, 0.25) is 10.0 Å². The average molecular weight is 373 g/mol. The number of nitrogens with one attached hydrogen (secondary N) is 1. The van der Waals surface area contributed by atoms with Gasteiger partial charge in [0, 0.05) is 6.20 Å². The predicted octanol–water partition coefficient (Wildman–Crippen LogP) is 2.30. The first-order chi connectivity index (χ1) is 11.3. The van der Waals surface area contributed by atoms with Gasteiger partial charge >= 0.3 is 5.97 Å². The second-order valence-electron chi connectivity index (χ2n) is 4.47. The number of phenols is 3. The highest BCUT2D eigenvalue weighted by Crippen LogP contribution is 2.35. The molecule has 0 bridgehead atoms. The largest absolute Gasteiger partial charge is 0.504 e. The molecule has 0 fully saturated rings. The van der Waals surface area contributed by atoms with Crippen LogP contribution in [0.4, 0.5) is 5.82 Å². The summed E-state index contributed by atoms with van der Waals surface area (Å²) in [5, 5.41) is 30.6. The van der Waals surface area contributed by atoms with E-state index in [9.17, 15) is 24.9 Å². The number of esters is 1. The lowest BCUT2D eigenvalue weighted by molar-refractivity contribution is -0.119. The van der Waals surface area contributed by atoms with Crippen LogP contribution in [-0.4, -0.2) is 38.8 Å². The number of anilines is 1. The van der Waals surface area contributed by atoms with E-state index in [4.69, 9.17) is 27.9 Å². The zero-order chi connectivity index (χ0) is 17.9. The number of carbonyl (C=O) groups is 2. The van der Waals surface area contributed by atoms with Crippen molar-refractivity contribution < 1.29 is 29.6 Å². The molecule has 126 valence electrons. The van der Waals surface area contributed by atoms with Crippen LogP contribution in [0.1, 0.15) is 10.4 Å². The molecule has 0 saturated carbocycles. The molecule has 24 heavy (non-hydrogen) atoms. The summed E-state index contributed by atoms with van der Waals surface area (Å²) in [4.78, 5) is 27.3. The van der Waals surface area contributed by atoms with Crippen LogP contribution in [-0.2, 0) is 9.53 Å². The summed E-state index contributed by atoms with van der Waals surface area (Å²) in [6.07, 6.45) is 1.27. The molecule has 0 unspecified atom stereocenters. The fourth-order valence-electron chi connectivity index (χ4n) is 1.61. The predicted molar refractivity (Wildman–Crippen MR) is 84.6 cm³/mol. The van der Waals surface area contributed by atoms with Crippen molar-refractivity contribution in [3.8, 4) is 17.2 Å². The number of carbonyl (C=O) groups excluding carboxylic acids is 2. The molecule has 1 aromatic heterocycles. The Morgan fingerprint density at radius 2 is 1.75 bits per heavy atom. The normalized spacial score (nSPS) is 10.2. The molecule has 8 nitrogen and oxygen atoms in total. The van der Waals surface area contributed by atoms with E-state index in [0.29, 0.717) is 0 Å². The first-order valence-corrected chi connectivity index (χ1v) is 7.06. The molecule has 10 heteroatoms. The number of halogens is 2. The fourth-order valence-corrected chi connectivity index (χ4v) is 2.04. The maximum atomic E-state index is 11.8. The molecule has 0 atom stereocenters. The third-order valence-electron chi connectivity index (χ3n) is 2.71.